The minimum Gasteiger partial charge on any atom is -0.462 e. The molecule has 0 N–H and O–H groups in total. The standard InChI is InChI=1S/C11H12N4O7/c1-2-22-9(17)7-6-12-10-11(14(18)19,15(20)21)4-3-5-13(10)8(7)16/h6H,2-5H2,1H3. The molecule has 1 aromatic heterocycles. The van der Waals surface area contributed by atoms with Crippen LogP contribution in [-0.2, 0) is 16.9 Å². The molecule has 11 heteroatoms. The molecule has 11 nitrogen and oxygen atoms in total. The third-order valence-electron chi connectivity index (χ3n) is 3.41. The van der Waals surface area contributed by atoms with E-state index in [0.29, 0.717) is 0 Å². The Morgan fingerprint density at radius 2 is 2.09 bits per heavy atom. The first-order valence-corrected chi connectivity index (χ1v) is 6.42. The Hall–Kier alpha value is -2.85. The highest BCUT2D eigenvalue weighted by Crippen LogP contribution is 2.32. The van der Waals surface area contributed by atoms with Crippen LogP contribution in [0.5, 0.6) is 0 Å². The summed E-state index contributed by atoms with van der Waals surface area (Å²) < 4.78 is 5.49. The highest BCUT2D eigenvalue weighted by Gasteiger charge is 2.63. The van der Waals surface area contributed by atoms with Gasteiger partial charge in [-0.25, -0.2) is 9.78 Å². The first-order valence-electron chi connectivity index (χ1n) is 6.42. The minimum atomic E-state index is -2.68. The molecule has 0 radical (unpaired) electrons. The summed E-state index contributed by atoms with van der Waals surface area (Å²) in [4.78, 5) is 47.9. The second-order valence-corrected chi connectivity index (χ2v) is 4.61. The number of rotatable bonds is 4. The van der Waals surface area contributed by atoms with E-state index in [1.54, 1.807) is 6.92 Å². The third kappa shape index (κ3) is 2.10. The van der Waals surface area contributed by atoms with E-state index in [9.17, 15) is 29.8 Å². The highest BCUT2D eigenvalue weighted by atomic mass is 16.7. The third-order valence-corrected chi connectivity index (χ3v) is 3.41. The van der Waals surface area contributed by atoms with Crippen LogP contribution in [0.4, 0.5) is 0 Å². The molecule has 0 saturated carbocycles. The van der Waals surface area contributed by atoms with Gasteiger partial charge in [-0.3, -0.25) is 29.6 Å². The molecule has 0 saturated heterocycles. The SMILES string of the molecule is CCOC(=O)c1cnc2n(c1=O)CCCC2([N+](=O)[O-])[N+](=O)[O-]. The minimum absolute atomic E-state index is 0.0117. The lowest BCUT2D eigenvalue weighted by Crippen LogP contribution is -2.51. The summed E-state index contributed by atoms with van der Waals surface area (Å²) in [6.07, 6.45) is 0.459. The zero-order chi connectivity index (χ0) is 16.5. The van der Waals surface area contributed by atoms with Crippen LogP contribution in [0.1, 0.15) is 35.9 Å². The first kappa shape index (κ1) is 15.5. The number of nitrogens with zero attached hydrogens (tertiary/aromatic N) is 4. The predicted octanol–water partition coefficient (Wildman–Crippen LogP) is -0.0800. The van der Waals surface area contributed by atoms with Crippen LogP contribution in [0, 0.1) is 20.2 Å². The Morgan fingerprint density at radius 1 is 1.45 bits per heavy atom. The number of hydrogen-bond acceptors (Lipinski definition) is 8. The summed E-state index contributed by atoms with van der Waals surface area (Å²) in [5.74, 6) is -1.50. The molecular weight excluding hydrogens is 300 g/mol. The van der Waals surface area contributed by atoms with Crippen LogP contribution in [0.25, 0.3) is 0 Å². The summed E-state index contributed by atoms with van der Waals surface area (Å²) in [5.41, 5.74) is -3.96. The van der Waals surface area contributed by atoms with Crippen LogP contribution >= 0.6 is 0 Å². The molecule has 1 aliphatic heterocycles. The summed E-state index contributed by atoms with van der Waals surface area (Å²) in [5, 5.41) is 22.5. The van der Waals surface area contributed by atoms with Gasteiger partial charge >= 0.3 is 11.6 Å². The van der Waals surface area contributed by atoms with Crippen molar-refractivity contribution in [2.45, 2.75) is 32.0 Å². The molecule has 0 unspecified atom stereocenters. The molecule has 2 rings (SSSR count). The Balaban J connectivity index is 2.67. The quantitative estimate of drug-likeness (QED) is 0.324. The fourth-order valence-corrected chi connectivity index (χ4v) is 2.38. The number of nitro groups is 2. The monoisotopic (exact) mass is 312 g/mol. The van der Waals surface area contributed by atoms with Gasteiger partial charge in [0.05, 0.1) is 13.0 Å². The van der Waals surface area contributed by atoms with E-state index in [0.717, 1.165) is 10.8 Å². The molecule has 0 bridgehead atoms. The van der Waals surface area contributed by atoms with E-state index in [1.165, 1.54) is 0 Å². The lowest BCUT2D eigenvalue weighted by Gasteiger charge is -2.24. The van der Waals surface area contributed by atoms with Gasteiger partial charge in [-0.05, 0) is 13.3 Å². The molecule has 1 aromatic rings. The number of carbonyl (C=O) groups excluding carboxylic acids is 1. The lowest BCUT2D eigenvalue weighted by molar-refractivity contribution is -0.814. The van der Waals surface area contributed by atoms with Gasteiger partial charge in [-0.2, -0.15) is 0 Å². The van der Waals surface area contributed by atoms with Gasteiger partial charge in [0.15, 0.2) is 0 Å². The van der Waals surface area contributed by atoms with Gasteiger partial charge in [0.1, 0.15) is 15.4 Å². The first-order chi connectivity index (χ1) is 10.4. The summed E-state index contributed by atoms with van der Waals surface area (Å²) in [6, 6.07) is 0. The Bertz CT molecular complexity index is 697. The Kier molecular flexibility index (Phi) is 3.89. The second kappa shape index (κ2) is 5.50. The average Bonchev–Trinajstić information content (AvgIpc) is 2.46. The number of hydrogen-bond donors (Lipinski definition) is 0. The molecule has 22 heavy (non-hydrogen) atoms. The number of esters is 1. The molecule has 118 valence electrons. The van der Waals surface area contributed by atoms with E-state index in [-0.39, 0.29) is 26.0 Å². The van der Waals surface area contributed by atoms with Crippen LogP contribution in [0.15, 0.2) is 11.0 Å². The number of ether oxygens (including phenoxy) is 1. The largest absolute Gasteiger partial charge is 0.515 e. The highest BCUT2D eigenvalue weighted by molar-refractivity contribution is 5.88. The smallest absolute Gasteiger partial charge is 0.462 e. The van der Waals surface area contributed by atoms with Gasteiger partial charge in [0.25, 0.3) is 11.4 Å². The van der Waals surface area contributed by atoms with E-state index in [4.69, 9.17) is 0 Å². The van der Waals surface area contributed by atoms with Crippen molar-refractivity contribution in [2.24, 2.45) is 0 Å². The maximum Gasteiger partial charge on any atom is 0.515 e. The maximum absolute atomic E-state index is 12.2. The normalized spacial score (nSPS) is 15.7. The van der Waals surface area contributed by atoms with Crippen LogP contribution < -0.4 is 5.56 Å². The fourth-order valence-electron chi connectivity index (χ4n) is 2.38. The number of fused-ring (bicyclic) bond motifs is 1. The zero-order valence-corrected chi connectivity index (χ0v) is 11.6. The second-order valence-electron chi connectivity index (χ2n) is 4.61. The van der Waals surface area contributed by atoms with Gasteiger partial charge in [0.2, 0.25) is 0 Å². The zero-order valence-electron chi connectivity index (χ0n) is 11.6. The van der Waals surface area contributed by atoms with Crippen molar-refractivity contribution in [1.29, 1.82) is 0 Å². The van der Waals surface area contributed by atoms with Gasteiger partial charge in [0, 0.05) is 12.7 Å². The van der Waals surface area contributed by atoms with Gasteiger partial charge in [-0.15, -0.1) is 0 Å². The molecule has 1 aliphatic rings. The molecule has 0 amide bonds. The Morgan fingerprint density at radius 3 is 2.64 bits per heavy atom. The van der Waals surface area contributed by atoms with Crippen molar-refractivity contribution >= 4 is 5.97 Å². The summed E-state index contributed by atoms with van der Waals surface area (Å²) >= 11 is 0. The van der Waals surface area contributed by atoms with Crippen molar-refractivity contribution in [2.75, 3.05) is 6.61 Å². The average molecular weight is 312 g/mol. The molecule has 0 fully saturated rings. The topological polar surface area (TPSA) is 147 Å². The number of aromatic nitrogens is 2. The molecule has 0 aromatic carbocycles. The molecule has 0 spiro atoms. The lowest BCUT2D eigenvalue weighted by atomic mass is 9.99. The van der Waals surface area contributed by atoms with Crippen LogP contribution in [0.3, 0.4) is 0 Å². The van der Waals surface area contributed by atoms with E-state index in [2.05, 4.69) is 9.72 Å². The van der Waals surface area contributed by atoms with E-state index < -0.39 is 38.4 Å². The molecule has 0 atom stereocenters. The van der Waals surface area contributed by atoms with Crippen molar-refractivity contribution in [3.63, 3.8) is 0 Å². The summed E-state index contributed by atoms with van der Waals surface area (Å²) in [7, 11) is 0. The molecule has 0 aliphatic carbocycles. The van der Waals surface area contributed by atoms with Crippen molar-refractivity contribution in [3.05, 3.63) is 48.2 Å². The van der Waals surface area contributed by atoms with Crippen LogP contribution in [-0.4, -0.2) is 32.0 Å². The van der Waals surface area contributed by atoms with Crippen molar-refractivity contribution in [1.82, 2.24) is 9.55 Å². The van der Waals surface area contributed by atoms with Crippen molar-refractivity contribution < 1.29 is 19.4 Å². The fraction of sp³-hybridized carbons (Fsp3) is 0.545. The van der Waals surface area contributed by atoms with E-state index in [1.807, 2.05) is 0 Å². The Labute approximate surface area is 122 Å². The van der Waals surface area contributed by atoms with Crippen molar-refractivity contribution in [3.8, 4) is 0 Å². The number of carbonyl (C=O) groups is 1. The van der Waals surface area contributed by atoms with Gasteiger partial charge in [-0.1, -0.05) is 0 Å². The molecule has 2 heterocycles. The maximum atomic E-state index is 12.2. The van der Waals surface area contributed by atoms with Crippen LogP contribution in [0.2, 0.25) is 0 Å². The van der Waals surface area contributed by atoms with Gasteiger partial charge < -0.3 is 4.74 Å². The van der Waals surface area contributed by atoms with E-state index >= 15 is 0 Å². The summed E-state index contributed by atoms with van der Waals surface area (Å²) in [6.45, 7) is 1.59. The predicted molar refractivity (Wildman–Crippen MR) is 69.4 cm³/mol. The molecular formula is C11H12N4O7.